The van der Waals surface area contributed by atoms with Crippen LogP contribution in [0.1, 0.15) is 44.7 Å². The van der Waals surface area contributed by atoms with Gasteiger partial charge in [-0.15, -0.1) is 0 Å². The van der Waals surface area contributed by atoms with Crippen LogP contribution in [-0.2, 0) is 0 Å². The predicted octanol–water partition coefficient (Wildman–Crippen LogP) is 5.28. The molecule has 0 spiro atoms. The van der Waals surface area contributed by atoms with Gasteiger partial charge in [-0.2, -0.15) is 0 Å². The topological polar surface area (TPSA) is 26.0 Å². The lowest BCUT2D eigenvalue weighted by Gasteiger charge is -2.35. The lowest BCUT2D eigenvalue weighted by molar-refractivity contribution is 0.193. The van der Waals surface area contributed by atoms with Crippen molar-refractivity contribution in [2.75, 3.05) is 0 Å². The van der Waals surface area contributed by atoms with E-state index >= 15 is 0 Å². The summed E-state index contributed by atoms with van der Waals surface area (Å²) in [6.07, 6.45) is 3.86. The second kappa shape index (κ2) is 6.06. The van der Waals surface area contributed by atoms with Crippen molar-refractivity contribution in [1.82, 2.24) is 0 Å². The smallest absolute Gasteiger partial charge is 0.0335 e. The van der Waals surface area contributed by atoms with E-state index in [0.29, 0.717) is 5.92 Å². The number of hydrogen-bond acceptors (Lipinski definition) is 1. The van der Waals surface area contributed by atoms with Crippen LogP contribution < -0.4 is 5.73 Å². The highest BCUT2D eigenvalue weighted by Crippen LogP contribution is 2.40. The summed E-state index contributed by atoms with van der Waals surface area (Å²) in [5.74, 6) is 2.21. The summed E-state index contributed by atoms with van der Waals surface area (Å²) in [6, 6.07) is 6.42. The van der Waals surface area contributed by atoms with Crippen LogP contribution in [0, 0.1) is 17.8 Å². The van der Waals surface area contributed by atoms with Gasteiger partial charge in [0.25, 0.3) is 0 Å². The highest BCUT2D eigenvalue weighted by molar-refractivity contribution is 9.11. The number of halogens is 2. The van der Waals surface area contributed by atoms with Crippen molar-refractivity contribution >= 4 is 31.9 Å². The molecular weight excluding hydrogens is 354 g/mol. The fraction of sp³-hybridized carbons (Fsp3) is 0.600. The van der Waals surface area contributed by atoms with E-state index in [1.165, 1.54) is 24.8 Å². The second-order valence-corrected chi connectivity index (χ2v) is 7.64. The van der Waals surface area contributed by atoms with Gasteiger partial charge in [-0.1, -0.05) is 45.7 Å². The van der Waals surface area contributed by atoms with Crippen molar-refractivity contribution in [2.24, 2.45) is 23.5 Å². The van der Waals surface area contributed by atoms with Crippen LogP contribution in [0.4, 0.5) is 0 Å². The molecule has 1 aromatic rings. The fourth-order valence-corrected chi connectivity index (χ4v) is 4.22. The van der Waals surface area contributed by atoms with E-state index in [1.54, 1.807) is 0 Å². The third-order valence-corrected chi connectivity index (χ3v) is 5.26. The van der Waals surface area contributed by atoms with Crippen molar-refractivity contribution in [3.63, 3.8) is 0 Å². The van der Waals surface area contributed by atoms with E-state index in [2.05, 4.69) is 57.8 Å². The molecule has 1 fully saturated rings. The summed E-state index contributed by atoms with van der Waals surface area (Å²) >= 11 is 7.16. The van der Waals surface area contributed by atoms with E-state index in [1.807, 2.05) is 6.07 Å². The SMILES string of the molecule is CC1CC(C)CC(C(N)c2cc(Br)ccc2Br)C1. The normalized spacial score (nSPS) is 30.2. The summed E-state index contributed by atoms with van der Waals surface area (Å²) in [6.45, 7) is 4.71. The van der Waals surface area contributed by atoms with E-state index in [-0.39, 0.29) is 6.04 Å². The zero-order valence-corrected chi connectivity index (χ0v) is 14.2. The molecule has 1 aromatic carbocycles. The molecule has 1 nitrogen and oxygen atoms in total. The molecule has 3 heteroatoms. The van der Waals surface area contributed by atoms with Gasteiger partial charge in [-0.25, -0.2) is 0 Å². The minimum absolute atomic E-state index is 0.141. The summed E-state index contributed by atoms with van der Waals surface area (Å²) in [5.41, 5.74) is 7.75. The molecule has 0 aliphatic heterocycles. The molecule has 0 radical (unpaired) electrons. The predicted molar refractivity (Wildman–Crippen MR) is 84.4 cm³/mol. The summed E-state index contributed by atoms with van der Waals surface area (Å²) in [7, 11) is 0. The third-order valence-electron chi connectivity index (χ3n) is 4.04. The summed E-state index contributed by atoms with van der Waals surface area (Å²) in [4.78, 5) is 0. The molecule has 1 aliphatic carbocycles. The first-order chi connectivity index (χ1) is 8.47. The van der Waals surface area contributed by atoms with Gasteiger partial charge in [-0.3, -0.25) is 0 Å². The molecule has 100 valence electrons. The summed E-state index contributed by atoms with van der Waals surface area (Å²) in [5, 5.41) is 0. The molecule has 0 heterocycles. The molecule has 0 bridgehead atoms. The molecular formula is C15H21Br2N. The van der Waals surface area contributed by atoms with Crippen molar-refractivity contribution in [3.8, 4) is 0 Å². The molecule has 2 rings (SSSR count). The number of nitrogens with two attached hydrogens (primary N) is 1. The molecule has 0 aromatic heterocycles. The van der Waals surface area contributed by atoms with Crippen LogP contribution in [0.2, 0.25) is 0 Å². The van der Waals surface area contributed by atoms with Gasteiger partial charge >= 0.3 is 0 Å². The molecule has 0 amide bonds. The van der Waals surface area contributed by atoms with Gasteiger partial charge < -0.3 is 5.73 Å². The Hall–Kier alpha value is 0.140. The molecule has 1 saturated carbocycles. The van der Waals surface area contributed by atoms with Crippen molar-refractivity contribution in [1.29, 1.82) is 0 Å². The standard InChI is InChI=1S/C15H21Br2N/c1-9-5-10(2)7-11(6-9)15(18)13-8-12(16)3-4-14(13)17/h3-4,8-11,15H,5-7,18H2,1-2H3. The Morgan fingerprint density at radius 2 is 1.72 bits per heavy atom. The average molecular weight is 375 g/mol. The minimum atomic E-state index is 0.141. The zero-order valence-electron chi connectivity index (χ0n) is 11.0. The van der Waals surface area contributed by atoms with Gasteiger partial charge in [0.1, 0.15) is 0 Å². The van der Waals surface area contributed by atoms with Gasteiger partial charge in [-0.05, 0) is 60.8 Å². The first kappa shape index (κ1) is 14.5. The largest absolute Gasteiger partial charge is 0.324 e. The average Bonchev–Trinajstić information content (AvgIpc) is 2.30. The van der Waals surface area contributed by atoms with Crippen molar-refractivity contribution in [2.45, 2.75) is 39.2 Å². The van der Waals surface area contributed by atoms with Crippen LogP contribution in [0.15, 0.2) is 27.1 Å². The monoisotopic (exact) mass is 373 g/mol. The van der Waals surface area contributed by atoms with Gasteiger partial charge in [0.05, 0.1) is 0 Å². The molecule has 2 N–H and O–H groups in total. The maximum absolute atomic E-state index is 6.51. The Labute approximate surface area is 127 Å². The molecule has 18 heavy (non-hydrogen) atoms. The molecule has 3 atom stereocenters. The molecule has 0 saturated heterocycles. The van der Waals surface area contributed by atoms with Crippen LogP contribution in [0.5, 0.6) is 0 Å². The quantitative estimate of drug-likeness (QED) is 0.748. The van der Waals surface area contributed by atoms with Crippen LogP contribution in [0.3, 0.4) is 0 Å². The van der Waals surface area contributed by atoms with E-state index < -0.39 is 0 Å². The maximum Gasteiger partial charge on any atom is 0.0335 e. The van der Waals surface area contributed by atoms with Gasteiger partial charge in [0, 0.05) is 15.0 Å². The third kappa shape index (κ3) is 3.37. The van der Waals surface area contributed by atoms with Gasteiger partial charge in [0.2, 0.25) is 0 Å². The molecule has 3 unspecified atom stereocenters. The lowest BCUT2D eigenvalue weighted by Crippen LogP contribution is -2.29. The second-order valence-electron chi connectivity index (χ2n) is 5.87. The zero-order chi connectivity index (χ0) is 13.3. The first-order valence-corrected chi connectivity index (χ1v) is 8.26. The van der Waals surface area contributed by atoms with E-state index in [4.69, 9.17) is 5.73 Å². The number of rotatable bonds is 2. The maximum atomic E-state index is 6.51. The Morgan fingerprint density at radius 3 is 2.33 bits per heavy atom. The van der Waals surface area contributed by atoms with Gasteiger partial charge in [0.15, 0.2) is 0 Å². The Morgan fingerprint density at radius 1 is 1.11 bits per heavy atom. The van der Waals surface area contributed by atoms with Crippen LogP contribution in [0.25, 0.3) is 0 Å². The number of benzene rings is 1. The minimum Gasteiger partial charge on any atom is -0.324 e. The van der Waals surface area contributed by atoms with E-state index in [9.17, 15) is 0 Å². The van der Waals surface area contributed by atoms with Crippen molar-refractivity contribution < 1.29 is 0 Å². The summed E-state index contributed by atoms with van der Waals surface area (Å²) < 4.78 is 2.23. The lowest BCUT2D eigenvalue weighted by atomic mass is 9.73. The van der Waals surface area contributed by atoms with E-state index in [0.717, 1.165) is 20.8 Å². The fourth-order valence-electron chi connectivity index (χ4n) is 3.33. The molecule has 1 aliphatic rings. The highest BCUT2D eigenvalue weighted by atomic mass is 79.9. The van der Waals surface area contributed by atoms with Crippen molar-refractivity contribution in [3.05, 3.63) is 32.7 Å². The highest BCUT2D eigenvalue weighted by Gasteiger charge is 2.29. The Kier molecular flexibility index (Phi) is 4.90. The Bertz CT molecular complexity index is 409. The Balaban J connectivity index is 2.19. The van der Waals surface area contributed by atoms with Crippen LogP contribution in [-0.4, -0.2) is 0 Å². The first-order valence-electron chi connectivity index (χ1n) is 6.68. The van der Waals surface area contributed by atoms with Crippen LogP contribution >= 0.6 is 31.9 Å². The number of hydrogen-bond donors (Lipinski definition) is 1.